The highest BCUT2D eigenvalue weighted by molar-refractivity contribution is 7.10. The first-order valence-electron chi connectivity index (χ1n) is 7.38. The van der Waals surface area contributed by atoms with Crippen molar-refractivity contribution in [2.24, 2.45) is 0 Å². The number of aliphatic hydroxyl groups is 1. The lowest BCUT2D eigenvalue weighted by molar-refractivity contribution is -0.123. The van der Waals surface area contributed by atoms with Crippen LogP contribution in [0.4, 0.5) is 4.39 Å². The molecular weight excluding hydrogens is 301 g/mol. The van der Waals surface area contributed by atoms with E-state index >= 15 is 0 Å². The van der Waals surface area contributed by atoms with Gasteiger partial charge < -0.3 is 10.4 Å². The first-order valence-corrected chi connectivity index (χ1v) is 8.26. The highest BCUT2D eigenvalue weighted by Crippen LogP contribution is 2.48. The average molecular weight is 319 g/mol. The molecule has 0 saturated heterocycles. The van der Waals surface area contributed by atoms with E-state index in [0.29, 0.717) is 13.0 Å². The number of aliphatic hydroxyl groups excluding tert-OH is 1. The molecule has 2 N–H and O–H groups in total. The maximum Gasteiger partial charge on any atom is 0.230 e. The molecule has 0 spiro atoms. The van der Waals surface area contributed by atoms with Crippen molar-refractivity contribution in [1.29, 1.82) is 0 Å². The number of hydrogen-bond acceptors (Lipinski definition) is 3. The Morgan fingerprint density at radius 2 is 2.05 bits per heavy atom. The molecule has 3 nitrogen and oxygen atoms in total. The number of amides is 1. The van der Waals surface area contributed by atoms with E-state index in [1.165, 1.54) is 23.5 Å². The van der Waals surface area contributed by atoms with Gasteiger partial charge in [-0.3, -0.25) is 4.79 Å². The molecule has 2 aromatic rings. The summed E-state index contributed by atoms with van der Waals surface area (Å²) in [6, 6.07) is 9.94. The molecule has 1 aliphatic rings. The van der Waals surface area contributed by atoms with Crippen LogP contribution in [0.3, 0.4) is 0 Å². The molecule has 1 heterocycles. The summed E-state index contributed by atoms with van der Waals surface area (Å²) in [7, 11) is 0. The number of nitrogens with one attached hydrogen (secondary N) is 1. The van der Waals surface area contributed by atoms with Gasteiger partial charge in [0, 0.05) is 11.4 Å². The van der Waals surface area contributed by atoms with Crippen molar-refractivity contribution in [3.05, 3.63) is 58.0 Å². The molecule has 1 unspecified atom stereocenters. The van der Waals surface area contributed by atoms with Crippen LogP contribution < -0.4 is 5.32 Å². The van der Waals surface area contributed by atoms with Crippen molar-refractivity contribution in [3.63, 3.8) is 0 Å². The summed E-state index contributed by atoms with van der Waals surface area (Å²) in [5, 5.41) is 14.8. The van der Waals surface area contributed by atoms with E-state index in [9.17, 15) is 14.3 Å². The average Bonchev–Trinajstić information content (AvgIpc) is 3.14. The third-order valence-corrected chi connectivity index (χ3v) is 5.13. The SMILES string of the molecule is O=C(NCCC(O)c1cccs1)C1(c2ccc(F)cc2)CC1. The molecule has 1 aromatic carbocycles. The number of rotatable bonds is 6. The van der Waals surface area contributed by atoms with Crippen molar-refractivity contribution < 1.29 is 14.3 Å². The van der Waals surface area contributed by atoms with Gasteiger partial charge in [-0.05, 0) is 48.4 Å². The highest BCUT2D eigenvalue weighted by Gasteiger charge is 2.51. The number of carbonyl (C=O) groups is 1. The van der Waals surface area contributed by atoms with Gasteiger partial charge in [0.1, 0.15) is 5.82 Å². The number of benzene rings is 1. The minimum Gasteiger partial charge on any atom is -0.388 e. The van der Waals surface area contributed by atoms with E-state index in [2.05, 4.69) is 5.32 Å². The van der Waals surface area contributed by atoms with Crippen LogP contribution in [0.5, 0.6) is 0 Å². The van der Waals surface area contributed by atoms with Crippen LogP contribution in [0.2, 0.25) is 0 Å². The molecule has 1 atom stereocenters. The standard InChI is InChI=1S/C17H18FNO2S/c18-13-5-3-12(4-6-13)17(8-9-17)16(21)19-10-7-14(20)15-2-1-11-22-15/h1-6,11,14,20H,7-10H2,(H,19,21). The van der Waals surface area contributed by atoms with E-state index in [1.54, 1.807) is 12.1 Å². The predicted octanol–water partition coefficient (Wildman–Crippen LogP) is 3.16. The summed E-state index contributed by atoms with van der Waals surface area (Å²) in [6.45, 7) is 0.431. The Balaban J connectivity index is 1.55. The Morgan fingerprint density at radius 1 is 1.32 bits per heavy atom. The molecule has 0 bridgehead atoms. The van der Waals surface area contributed by atoms with Crippen LogP contribution in [-0.4, -0.2) is 17.6 Å². The second-order valence-electron chi connectivity index (χ2n) is 5.66. The normalized spacial score (nSPS) is 17.0. The van der Waals surface area contributed by atoms with Gasteiger partial charge in [-0.2, -0.15) is 0 Å². The monoisotopic (exact) mass is 319 g/mol. The second kappa shape index (κ2) is 6.18. The fourth-order valence-corrected chi connectivity index (χ4v) is 3.40. The van der Waals surface area contributed by atoms with Gasteiger partial charge in [0.15, 0.2) is 0 Å². The molecule has 22 heavy (non-hydrogen) atoms. The van der Waals surface area contributed by atoms with Gasteiger partial charge in [-0.1, -0.05) is 18.2 Å². The fraction of sp³-hybridized carbons (Fsp3) is 0.353. The fourth-order valence-electron chi connectivity index (χ4n) is 2.66. The van der Waals surface area contributed by atoms with Gasteiger partial charge in [0.2, 0.25) is 5.91 Å². The summed E-state index contributed by atoms with van der Waals surface area (Å²) in [4.78, 5) is 13.3. The van der Waals surface area contributed by atoms with Crippen LogP contribution in [0.15, 0.2) is 41.8 Å². The number of halogens is 1. The molecule has 1 fully saturated rings. The molecule has 3 rings (SSSR count). The molecular formula is C17H18FNO2S. The molecule has 116 valence electrons. The minimum atomic E-state index is -0.540. The zero-order chi connectivity index (χ0) is 15.6. The summed E-state index contributed by atoms with van der Waals surface area (Å²) in [6.07, 6.45) is 1.53. The summed E-state index contributed by atoms with van der Waals surface area (Å²) in [5.41, 5.74) is 0.368. The Morgan fingerprint density at radius 3 is 2.64 bits per heavy atom. The summed E-state index contributed by atoms with van der Waals surface area (Å²) in [5.74, 6) is -0.323. The first-order chi connectivity index (χ1) is 10.6. The van der Waals surface area contributed by atoms with Crippen LogP contribution >= 0.6 is 11.3 Å². The molecule has 1 aliphatic carbocycles. The molecule has 1 amide bonds. The topological polar surface area (TPSA) is 49.3 Å². The van der Waals surface area contributed by atoms with E-state index in [-0.39, 0.29) is 11.7 Å². The Kier molecular flexibility index (Phi) is 4.27. The number of carbonyl (C=O) groups excluding carboxylic acids is 1. The lowest BCUT2D eigenvalue weighted by Gasteiger charge is -2.16. The lowest BCUT2D eigenvalue weighted by atomic mass is 9.95. The zero-order valence-electron chi connectivity index (χ0n) is 12.1. The molecule has 0 aliphatic heterocycles. The number of thiophene rings is 1. The van der Waals surface area contributed by atoms with Crippen LogP contribution in [0.1, 0.15) is 35.8 Å². The van der Waals surface area contributed by atoms with Gasteiger partial charge in [-0.15, -0.1) is 11.3 Å². The van der Waals surface area contributed by atoms with Crippen LogP contribution in [0.25, 0.3) is 0 Å². The Bertz CT molecular complexity index is 635. The highest BCUT2D eigenvalue weighted by atomic mass is 32.1. The van der Waals surface area contributed by atoms with E-state index < -0.39 is 11.5 Å². The van der Waals surface area contributed by atoms with Gasteiger partial charge in [0.25, 0.3) is 0 Å². The molecule has 1 saturated carbocycles. The molecule has 1 aromatic heterocycles. The quantitative estimate of drug-likeness (QED) is 0.859. The third kappa shape index (κ3) is 3.05. The minimum absolute atomic E-state index is 0.0301. The predicted molar refractivity (Wildman–Crippen MR) is 84.2 cm³/mol. The lowest BCUT2D eigenvalue weighted by Crippen LogP contribution is -2.35. The van der Waals surface area contributed by atoms with Crippen molar-refractivity contribution in [2.45, 2.75) is 30.8 Å². The van der Waals surface area contributed by atoms with Crippen molar-refractivity contribution in [3.8, 4) is 0 Å². The smallest absolute Gasteiger partial charge is 0.230 e. The maximum absolute atomic E-state index is 13.0. The first kappa shape index (κ1) is 15.2. The van der Waals surface area contributed by atoms with E-state index in [0.717, 1.165) is 23.3 Å². The van der Waals surface area contributed by atoms with Gasteiger partial charge >= 0.3 is 0 Å². The van der Waals surface area contributed by atoms with E-state index in [1.807, 2.05) is 17.5 Å². The molecule has 5 heteroatoms. The van der Waals surface area contributed by atoms with E-state index in [4.69, 9.17) is 0 Å². The van der Waals surface area contributed by atoms with Gasteiger partial charge in [0.05, 0.1) is 11.5 Å². The van der Waals surface area contributed by atoms with Crippen LogP contribution in [-0.2, 0) is 10.2 Å². The number of hydrogen-bond donors (Lipinski definition) is 2. The van der Waals surface area contributed by atoms with Crippen molar-refractivity contribution in [1.82, 2.24) is 5.32 Å². The van der Waals surface area contributed by atoms with Crippen molar-refractivity contribution in [2.75, 3.05) is 6.54 Å². The Hall–Kier alpha value is -1.72. The second-order valence-corrected chi connectivity index (χ2v) is 6.64. The van der Waals surface area contributed by atoms with Gasteiger partial charge in [-0.25, -0.2) is 4.39 Å². The largest absolute Gasteiger partial charge is 0.388 e. The summed E-state index contributed by atoms with van der Waals surface area (Å²) >= 11 is 1.51. The molecule has 0 radical (unpaired) electrons. The van der Waals surface area contributed by atoms with Crippen molar-refractivity contribution >= 4 is 17.2 Å². The summed E-state index contributed by atoms with van der Waals surface area (Å²) < 4.78 is 13.0. The van der Waals surface area contributed by atoms with Crippen LogP contribution in [0, 0.1) is 5.82 Å². The third-order valence-electron chi connectivity index (χ3n) is 4.16. The Labute approximate surface area is 132 Å². The maximum atomic E-state index is 13.0. The zero-order valence-corrected chi connectivity index (χ0v) is 12.9.